The number of esters is 1. The van der Waals surface area contributed by atoms with Gasteiger partial charge in [-0.05, 0) is 55.5 Å². The standard InChI is InChI=1S/C20H16ClNO4S/c1-12-18(27-19(22-12)14-5-9-16(25-2)10-6-14)20(24)26-11-17(23)13-3-7-15(21)8-4-13/h3-10H,11H2,1-2H3. The van der Waals surface area contributed by atoms with Gasteiger partial charge in [-0.3, -0.25) is 4.79 Å². The summed E-state index contributed by atoms with van der Waals surface area (Å²) in [5.41, 5.74) is 1.88. The Kier molecular flexibility index (Phi) is 5.88. The Morgan fingerprint density at radius 2 is 1.74 bits per heavy atom. The number of carbonyl (C=O) groups is 2. The Labute approximate surface area is 165 Å². The molecule has 3 rings (SSSR count). The van der Waals surface area contributed by atoms with Crippen LogP contribution in [-0.4, -0.2) is 30.5 Å². The molecule has 0 amide bonds. The third kappa shape index (κ3) is 4.53. The van der Waals surface area contributed by atoms with Crippen molar-refractivity contribution >= 4 is 34.7 Å². The van der Waals surface area contributed by atoms with E-state index in [1.807, 2.05) is 24.3 Å². The van der Waals surface area contributed by atoms with Crippen molar-refractivity contribution in [2.75, 3.05) is 13.7 Å². The number of ketones is 1. The molecule has 1 heterocycles. The molecule has 3 aromatic rings. The van der Waals surface area contributed by atoms with Gasteiger partial charge in [0.2, 0.25) is 0 Å². The van der Waals surface area contributed by atoms with E-state index in [4.69, 9.17) is 21.1 Å². The minimum atomic E-state index is -0.563. The molecule has 27 heavy (non-hydrogen) atoms. The number of nitrogens with zero attached hydrogens (tertiary/aromatic N) is 1. The molecule has 1 aromatic heterocycles. The van der Waals surface area contributed by atoms with E-state index >= 15 is 0 Å². The van der Waals surface area contributed by atoms with Gasteiger partial charge in [0, 0.05) is 16.1 Å². The summed E-state index contributed by atoms with van der Waals surface area (Å²) in [5.74, 6) is -0.114. The highest BCUT2D eigenvalue weighted by Gasteiger charge is 2.19. The Morgan fingerprint density at radius 3 is 2.37 bits per heavy atom. The lowest BCUT2D eigenvalue weighted by atomic mass is 10.1. The van der Waals surface area contributed by atoms with Crippen LogP contribution in [0.2, 0.25) is 5.02 Å². The van der Waals surface area contributed by atoms with Gasteiger partial charge in [-0.2, -0.15) is 0 Å². The Balaban J connectivity index is 1.68. The van der Waals surface area contributed by atoms with Crippen molar-refractivity contribution < 1.29 is 19.1 Å². The van der Waals surface area contributed by atoms with Crippen LogP contribution in [0.1, 0.15) is 25.7 Å². The summed E-state index contributed by atoms with van der Waals surface area (Å²) in [7, 11) is 1.60. The fourth-order valence-electron chi connectivity index (χ4n) is 2.36. The van der Waals surface area contributed by atoms with Gasteiger partial charge in [0.15, 0.2) is 12.4 Å². The van der Waals surface area contributed by atoms with E-state index in [0.29, 0.717) is 26.2 Å². The minimum Gasteiger partial charge on any atom is -0.497 e. The van der Waals surface area contributed by atoms with Crippen LogP contribution in [0.3, 0.4) is 0 Å². The summed E-state index contributed by atoms with van der Waals surface area (Å²) in [6.07, 6.45) is 0. The predicted octanol–water partition coefficient (Wildman–Crippen LogP) is 4.82. The van der Waals surface area contributed by atoms with E-state index < -0.39 is 5.97 Å². The predicted molar refractivity (Wildman–Crippen MR) is 105 cm³/mol. The highest BCUT2D eigenvalue weighted by molar-refractivity contribution is 7.17. The zero-order valence-electron chi connectivity index (χ0n) is 14.7. The van der Waals surface area contributed by atoms with Gasteiger partial charge in [0.25, 0.3) is 0 Å². The van der Waals surface area contributed by atoms with E-state index in [9.17, 15) is 9.59 Å². The molecular formula is C20H16ClNO4S. The Morgan fingerprint density at radius 1 is 1.07 bits per heavy atom. The van der Waals surface area contributed by atoms with E-state index in [2.05, 4.69) is 4.98 Å². The van der Waals surface area contributed by atoms with Gasteiger partial charge in [-0.1, -0.05) is 11.6 Å². The van der Waals surface area contributed by atoms with Gasteiger partial charge < -0.3 is 9.47 Å². The van der Waals surface area contributed by atoms with Crippen molar-refractivity contribution in [1.82, 2.24) is 4.98 Å². The van der Waals surface area contributed by atoms with Crippen molar-refractivity contribution in [3.05, 3.63) is 69.7 Å². The summed E-state index contributed by atoms with van der Waals surface area (Å²) in [5, 5.41) is 1.24. The smallest absolute Gasteiger partial charge is 0.350 e. The maximum absolute atomic E-state index is 12.4. The highest BCUT2D eigenvalue weighted by atomic mass is 35.5. The van der Waals surface area contributed by atoms with Crippen molar-refractivity contribution in [3.63, 3.8) is 0 Å². The maximum atomic E-state index is 12.4. The van der Waals surface area contributed by atoms with Crippen LogP contribution in [0.5, 0.6) is 5.75 Å². The molecule has 5 nitrogen and oxygen atoms in total. The lowest BCUT2D eigenvalue weighted by molar-refractivity contribution is 0.0478. The van der Waals surface area contributed by atoms with Gasteiger partial charge in [-0.25, -0.2) is 9.78 Å². The number of benzene rings is 2. The van der Waals surface area contributed by atoms with Crippen LogP contribution in [0.4, 0.5) is 0 Å². The van der Waals surface area contributed by atoms with Crippen molar-refractivity contribution in [2.24, 2.45) is 0 Å². The molecule has 0 fully saturated rings. The molecule has 7 heteroatoms. The number of ether oxygens (including phenoxy) is 2. The lowest BCUT2D eigenvalue weighted by Gasteiger charge is -2.03. The van der Waals surface area contributed by atoms with Gasteiger partial charge >= 0.3 is 5.97 Å². The molecule has 0 aliphatic rings. The lowest BCUT2D eigenvalue weighted by Crippen LogP contribution is -2.14. The largest absolute Gasteiger partial charge is 0.497 e. The SMILES string of the molecule is COc1ccc(-c2nc(C)c(C(=O)OCC(=O)c3ccc(Cl)cc3)s2)cc1. The molecular weight excluding hydrogens is 386 g/mol. The monoisotopic (exact) mass is 401 g/mol. The molecule has 0 bridgehead atoms. The number of aryl methyl sites for hydroxylation is 1. The molecule has 0 N–H and O–H groups in total. The second-order valence-electron chi connectivity index (χ2n) is 5.67. The van der Waals surface area contributed by atoms with E-state index in [1.54, 1.807) is 38.3 Å². The third-order valence-corrected chi connectivity index (χ3v) is 5.26. The number of hydrogen-bond donors (Lipinski definition) is 0. The summed E-state index contributed by atoms with van der Waals surface area (Å²) >= 11 is 7.03. The molecule has 2 aromatic carbocycles. The third-order valence-electron chi connectivity index (χ3n) is 3.82. The zero-order chi connectivity index (χ0) is 19.4. The summed E-state index contributed by atoms with van der Waals surface area (Å²) in [6, 6.07) is 13.8. The van der Waals surface area contributed by atoms with Gasteiger partial charge in [0.1, 0.15) is 15.6 Å². The molecule has 0 aliphatic carbocycles. The first-order valence-corrected chi connectivity index (χ1v) is 9.25. The molecule has 0 spiro atoms. The number of carbonyl (C=O) groups excluding carboxylic acids is 2. The van der Waals surface area contributed by atoms with Crippen LogP contribution in [0.15, 0.2) is 48.5 Å². The number of halogens is 1. The van der Waals surface area contributed by atoms with Crippen molar-refractivity contribution in [2.45, 2.75) is 6.92 Å². The van der Waals surface area contributed by atoms with Gasteiger partial charge in [-0.15, -0.1) is 11.3 Å². The zero-order valence-corrected chi connectivity index (χ0v) is 16.3. The summed E-state index contributed by atoms with van der Waals surface area (Å²) in [6.45, 7) is 1.40. The number of thiazole rings is 1. The topological polar surface area (TPSA) is 65.5 Å². The van der Waals surface area contributed by atoms with Crippen molar-refractivity contribution in [3.8, 4) is 16.3 Å². The fourth-order valence-corrected chi connectivity index (χ4v) is 3.45. The number of Topliss-reactive ketones (excluding diaryl/α,β-unsaturated/α-hetero) is 1. The van der Waals surface area contributed by atoms with E-state index in [-0.39, 0.29) is 12.4 Å². The average molecular weight is 402 g/mol. The van der Waals surface area contributed by atoms with Crippen LogP contribution in [-0.2, 0) is 4.74 Å². The molecule has 0 atom stereocenters. The first-order valence-electron chi connectivity index (χ1n) is 8.05. The number of hydrogen-bond acceptors (Lipinski definition) is 6. The van der Waals surface area contributed by atoms with Crippen molar-refractivity contribution in [1.29, 1.82) is 0 Å². The van der Waals surface area contributed by atoms with Crippen LogP contribution in [0.25, 0.3) is 10.6 Å². The molecule has 0 aliphatic heterocycles. The number of methoxy groups -OCH3 is 1. The average Bonchev–Trinajstić information content (AvgIpc) is 3.08. The maximum Gasteiger partial charge on any atom is 0.350 e. The summed E-state index contributed by atoms with van der Waals surface area (Å²) < 4.78 is 10.3. The van der Waals surface area contributed by atoms with Gasteiger partial charge in [0.05, 0.1) is 12.8 Å². The second kappa shape index (κ2) is 8.33. The first kappa shape index (κ1) is 19.1. The van der Waals surface area contributed by atoms with Crippen LogP contribution >= 0.6 is 22.9 Å². The van der Waals surface area contributed by atoms with Crippen LogP contribution < -0.4 is 4.74 Å². The second-order valence-corrected chi connectivity index (χ2v) is 7.10. The van der Waals surface area contributed by atoms with E-state index in [0.717, 1.165) is 11.3 Å². The molecule has 0 saturated carbocycles. The summed E-state index contributed by atoms with van der Waals surface area (Å²) in [4.78, 5) is 29.3. The van der Waals surface area contributed by atoms with E-state index in [1.165, 1.54) is 11.3 Å². The van der Waals surface area contributed by atoms with Crippen LogP contribution in [0, 0.1) is 6.92 Å². The fraction of sp³-hybridized carbons (Fsp3) is 0.150. The number of rotatable bonds is 6. The quantitative estimate of drug-likeness (QED) is 0.437. The Hall–Kier alpha value is -2.70. The molecule has 0 saturated heterocycles. The first-order chi connectivity index (χ1) is 13.0. The molecule has 0 radical (unpaired) electrons. The molecule has 138 valence electrons. The Bertz CT molecular complexity index is 965. The normalized spacial score (nSPS) is 10.5. The molecule has 0 unspecified atom stereocenters. The highest BCUT2D eigenvalue weighted by Crippen LogP contribution is 2.29. The number of aromatic nitrogens is 1. The minimum absolute atomic E-state index is 0.294.